The van der Waals surface area contributed by atoms with Gasteiger partial charge in [0.15, 0.2) is 5.82 Å². The van der Waals surface area contributed by atoms with Gasteiger partial charge in [-0.25, -0.2) is 9.97 Å². The van der Waals surface area contributed by atoms with Gasteiger partial charge in [-0.3, -0.25) is 4.79 Å². The molecule has 0 amide bonds. The van der Waals surface area contributed by atoms with E-state index in [9.17, 15) is 4.79 Å². The van der Waals surface area contributed by atoms with Crippen molar-refractivity contribution in [3.63, 3.8) is 0 Å². The molecule has 17 heavy (non-hydrogen) atoms. The van der Waals surface area contributed by atoms with Gasteiger partial charge in [0.1, 0.15) is 5.15 Å². The third-order valence-electron chi connectivity index (χ3n) is 2.37. The maximum absolute atomic E-state index is 12.2. The van der Waals surface area contributed by atoms with E-state index in [1.807, 2.05) is 4.57 Å². The SMILES string of the molecule is CCCn1ccnc1C(=O)c1ccnc(Cl)c1. The molecular formula is C12H12ClN3O. The molecule has 5 heteroatoms. The number of nitrogens with zero attached hydrogens (tertiary/aromatic N) is 3. The topological polar surface area (TPSA) is 47.8 Å². The average molecular weight is 250 g/mol. The second-order valence-corrected chi connectivity index (χ2v) is 4.03. The van der Waals surface area contributed by atoms with E-state index in [0.29, 0.717) is 16.5 Å². The fourth-order valence-electron chi connectivity index (χ4n) is 1.61. The fourth-order valence-corrected chi connectivity index (χ4v) is 1.79. The average Bonchev–Trinajstić information content (AvgIpc) is 2.77. The van der Waals surface area contributed by atoms with E-state index in [-0.39, 0.29) is 5.78 Å². The first-order chi connectivity index (χ1) is 8.22. The number of pyridine rings is 1. The van der Waals surface area contributed by atoms with Crippen LogP contribution in [0.15, 0.2) is 30.7 Å². The summed E-state index contributed by atoms with van der Waals surface area (Å²) in [5, 5.41) is 0.310. The smallest absolute Gasteiger partial charge is 0.228 e. The highest BCUT2D eigenvalue weighted by Crippen LogP contribution is 2.12. The molecule has 0 radical (unpaired) electrons. The van der Waals surface area contributed by atoms with E-state index in [2.05, 4.69) is 16.9 Å². The first-order valence-corrected chi connectivity index (χ1v) is 5.77. The van der Waals surface area contributed by atoms with Crippen LogP contribution in [0.3, 0.4) is 0 Å². The number of halogens is 1. The van der Waals surface area contributed by atoms with Crippen LogP contribution in [0, 0.1) is 0 Å². The predicted molar refractivity (Wildman–Crippen MR) is 65.2 cm³/mol. The molecule has 0 unspecified atom stereocenters. The molecule has 0 bridgehead atoms. The van der Waals surface area contributed by atoms with Crippen LogP contribution in [0.5, 0.6) is 0 Å². The molecule has 0 fully saturated rings. The number of hydrogen-bond acceptors (Lipinski definition) is 3. The molecule has 0 spiro atoms. The summed E-state index contributed by atoms with van der Waals surface area (Å²) < 4.78 is 1.84. The van der Waals surface area contributed by atoms with Gasteiger partial charge >= 0.3 is 0 Å². The third-order valence-corrected chi connectivity index (χ3v) is 2.58. The molecule has 0 atom stereocenters. The van der Waals surface area contributed by atoms with Crippen LogP contribution in [0.1, 0.15) is 29.5 Å². The first-order valence-electron chi connectivity index (χ1n) is 5.39. The number of hydrogen-bond donors (Lipinski definition) is 0. The Labute approximate surface area is 104 Å². The van der Waals surface area contributed by atoms with Gasteiger partial charge in [-0.1, -0.05) is 18.5 Å². The van der Waals surface area contributed by atoms with Crippen molar-refractivity contribution in [2.45, 2.75) is 19.9 Å². The van der Waals surface area contributed by atoms with Crippen LogP contribution < -0.4 is 0 Å². The highest BCUT2D eigenvalue weighted by Gasteiger charge is 2.15. The Hall–Kier alpha value is -1.68. The van der Waals surface area contributed by atoms with Crippen molar-refractivity contribution in [3.8, 4) is 0 Å². The van der Waals surface area contributed by atoms with Crippen LogP contribution in [0.4, 0.5) is 0 Å². The minimum Gasteiger partial charge on any atom is -0.328 e. The van der Waals surface area contributed by atoms with E-state index in [0.717, 1.165) is 13.0 Å². The van der Waals surface area contributed by atoms with Crippen LogP contribution >= 0.6 is 11.6 Å². The van der Waals surface area contributed by atoms with Crippen molar-refractivity contribution in [1.82, 2.24) is 14.5 Å². The maximum Gasteiger partial charge on any atom is 0.228 e. The van der Waals surface area contributed by atoms with E-state index >= 15 is 0 Å². The molecule has 2 aromatic rings. The van der Waals surface area contributed by atoms with Gasteiger partial charge in [-0.05, 0) is 18.6 Å². The Morgan fingerprint density at radius 1 is 1.41 bits per heavy atom. The largest absolute Gasteiger partial charge is 0.328 e. The molecule has 88 valence electrons. The molecule has 0 N–H and O–H groups in total. The van der Waals surface area contributed by atoms with Gasteiger partial charge in [0.2, 0.25) is 5.78 Å². The molecule has 0 saturated heterocycles. The highest BCUT2D eigenvalue weighted by molar-refractivity contribution is 6.29. The monoisotopic (exact) mass is 249 g/mol. The van der Waals surface area contributed by atoms with E-state index in [1.165, 1.54) is 6.20 Å². The lowest BCUT2D eigenvalue weighted by Gasteiger charge is -2.05. The number of carbonyl (C=O) groups is 1. The van der Waals surface area contributed by atoms with Gasteiger partial charge in [0.25, 0.3) is 0 Å². The van der Waals surface area contributed by atoms with Gasteiger partial charge in [-0.2, -0.15) is 0 Å². The Kier molecular flexibility index (Phi) is 3.54. The summed E-state index contributed by atoms with van der Waals surface area (Å²) in [7, 11) is 0. The van der Waals surface area contributed by atoms with Crippen molar-refractivity contribution >= 4 is 17.4 Å². The molecule has 0 aliphatic carbocycles. The molecule has 4 nitrogen and oxygen atoms in total. The minimum atomic E-state index is -0.132. The number of rotatable bonds is 4. The molecule has 0 aliphatic heterocycles. The number of aryl methyl sites for hydroxylation is 1. The standard InChI is InChI=1S/C12H12ClN3O/c1-2-6-16-7-5-15-12(16)11(17)9-3-4-14-10(13)8-9/h3-5,7-8H,2,6H2,1H3. The van der Waals surface area contributed by atoms with Crippen molar-refractivity contribution in [2.75, 3.05) is 0 Å². The van der Waals surface area contributed by atoms with E-state index in [4.69, 9.17) is 11.6 Å². The number of ketones is 1. The highest BCUT2D eigenvalue weighted by atomic mass is 35.5. The zero-order valence-corrected chi connectivity index (χ0v) is 10.2. The van der Waals surface area contributed by atoms with Crippen LogP contribution in [0.25, 0.3) is 0 Å². The van der Waals surface area contributed by atoms with Crippen molar-refractivity contribution in [2.24, 2.45) is 0 Å². The summed E-state index contributed by atoms with van der Waals surface area (Å²) in [5.74, 6) is 0.307. The number of imidazole rings is 1. The normalized spacial score (nSPS) is 10.5. The Morgan fingerprint density at radius 3 is 2.94 bits per heavy atom. The molecule has 2 heterocycles. The Balaban J connectivity index is 2.33. The zero-order chi connectivity index (χ0) is 12.3. The van der Waals surface area contributed by atoms with Crippen molar-refractivity contribution in [3.05, 3.63) is 47.3 Å². The second kappa shape index (κ2) is 5.10. The van der Waals surface area contributed by atoms with Gasteiger partial charge in [0, 0.05) is 30.7 Å². The van der Waals surface area contributed by atoms with Gasteiger partial charge in [0.05, 0.1) is 0 Å². The van der Waals surface area contributed by atoms with Crippen molar-refractivity contribution < 1.29 is 4.79 Å². The van der Waals surface area contributed by atoms with Crippen LogP contribution in [0.2, 0.25) is 5.15 Å². The summed E-state index contributed by atoms with van der Waals surface area (Å²) in [6, 6.07) is 3.19. The Bertz CT molecular complexity index is 536. The summed E-state index contributed by atoms with van der Waals surface area (Å²) >= 11 is 5.76. The van der Waals surface area contributed by atoms with E-state index < -0.39 is 0 Å². The fraction of sp³-hybridized carbons (Fsp3) is 0.250. The zero-order valence-electron chi connectivity index (χ0n) is 9.43. The number of carbonyl (C=O) groups excluding carboxylic acids is 1. The summed E-state index contributed by atoms with van der Waals surface area (Å²) in [5.41, 5.74) is 0.508. The molecule has 0 saturated carbocycles. The summed E-state index contributed by atoms with van der Waals surface area (Å²) in [6.07, 6.45) is 5.90. The predicted octanol–water partition coefficient (Wildman–Crippen LogP) is 2.57. The third kappa shape index (κ3) is 2.53. The van der Waals surface area contributed by atoms with Gasteiger partial charge in [-0.15, -0.1) is 0 Å². The molecular weight excluding hydrogens is 238 g/mol. The molecule has 0 aromatic carbocycles. The molecule has 2 aromatic heterocycles. The van der Waals surface area contributed by atoms with E-state index in [1.54, 1.807) is 24.5 Å². The lowest BCUT2D eigenvalue weighted by Crippen LogP contribution is -2.11. The molecule has 0 aliphatic rings. The van der Waals surface area contributed by atoms with Crippen LogP contribution in [-0.4, -0.2) is 20.3 Å². The minimum absolute atomic E-state index is 0.132. The maximum atomic E-state index is 12.2. The summed E-state index contributed by atoms with van der Waals surface area (Å²) in [6.45, 7) is 2.83. The second-order valence-electron chi connectivity index (χ2n) is 3.64. The number of aromatic nitrogens is 3. The molecule has 2 rings (SSSR count). The first kappa shape index (κ1) is 11.8. The summed E-state index contributed by atoms with van der Waals surface area (Å²) in [4.78, 5) is 20.1. The van der Waals surface area contributed by atoms with Gasteiger partial charge < -0.3 is 4.57 Å². The van der Waals surface area contributed by atoms with Crippen LogP contribution in [-0.2, 0) is 6.54 Å². The quantitative estimate of drug-likeness (QED) is 0.618. The van der Waals surface area contributed by atoms with Crippen molar-refractivity contribution in [1.29, 1.82) is 0 Å². The Morgan fingerprint density at radius 2 is 2.24 bits per heavy atom. The lowest BCUT2D eigenvalue weighted by atomic mass is 10.1. The lowest BCUT2D eigenvalue weighted by molar-refractivity contribution is 0.102.